The van der Waals surface area contributed by atoms with Gasteiger partial charge in [0.1, 0.15) is 0 Å². The second kappa shape index (κ2) is 4.37. The average molecular weight is 157 g/mol. The van der Waals surface area contributed by atoms with Crippen LogP contribution < -0.4 is 5.11 Å². The SMILES string of the molecule is CCCC[C@](C)(CC)C(=O)[O-]. The molecule has 0 unspecified atom stereocenters. The molecule has 0 heterocycles. The number of carboxylic acid groups (broad SMARTS) is 1. The number of carbonyl (C=O) groups is 1. The summed E-state index contributed by atoms with van der Waals surface area (Å²) in [4.78, 5) is 10.6. The molecule has 0 aliphatic heterocycles. The third kappa shape index (κ3) is 2.91. The first-order valence-electron chi connectivity index (χ1n) is 4.28. The Kier molecular flexibility index (Phi) is 4.16. The average Bonchev–Trinajstić information content (AvgIpc) is 2.00. The summed E-state index contributed by atoms with van der Waals surface area (Å²) in [5, 5.41) is 10.6. The monoisotopic (exact) mass is 157 g/mol. The normalized spacial score (nSPS) is 15.9. The molecule has 0 radical (unpaired) electrons. The molecule has 0 saturated heterocycles. The van der Waals surface area contributed by atoms with Gasteiger partial charge in [-0.25, -0.2) is 0 Å². The molecule has 0 aliphatic carbocycles. The topological polar surface area (TPSA) is 40.1 Å². The van der Waals surface area contributed by atoms with Gasteiger partial charge in [-0.1, -0.05) is 33.6 Å². The van der Waals surface area contributed by atoms with Crippen molar-refractivity contribution in [3.63, 3.8) is 0 Å². The van der Waals surface area contributed by atoms with Crippen LogP contribution in [0.4, 0.5) is 0 Å². The number of hydrogen-bond donors (Lipinski definition) is 0. The van der Waals surface area contributed by atoms with Crippen LogP contribution in [0.1, 0.15) is 46.5 Å². The lowest BCUT2D eigenvalue weighted by Crippen LogP contribution is -2.39. The second-order valence-electron chi connectivity index (χ2n) is 3.31. The maximum atomic E-state index is 10.6. The zero-order chi connectivity index (χ0) is 8.91. The molecule has 0 fully saturated rings. The van der Waals surface area contributed by atoms with Crippen LogP contribution in [0, 0.1) is 5.41 Å². The summed E-state index contributed by atoms with van der Waals surface area (Å²) in [6, 6.07) is 0. The highest BCUT2D eigenvalue weighted by molar-refractivity contribution is 5.71. The predicted molar refractivity (Wildman–Crippen MR) is 42.9 cm³/mol. The van der Waals surface area contributed by atoms with E-state index in [-0.39, 0.29) is 0 Å². The zero-order valence-corrected chi connectivity index (χ0v) is 7.64. The minimum absolute atomic E-state index is 0.601. The standard InChI is InChI=1S/C9H18O2/c1-4-6-7-9(3,5-2)8(10)11/h4-7H2,1-3H3,(H,10,11)/p-1/t9-/m0/s1. The molecule has 11 heavy (non-hydrogen) atoms. The van der Waals surface area contributed by atoms with Crippen molar-refractivity contribution in [1.82, 2.24) is 0 Å². The van der Waals surface area contributed by atoms with E-state index in [1.54, 1.807) is 6.92 Å². The molecular formula is C9H17O2-. The second-order valence-corrected chi connectivity index (χ2v) is 3.31. The van der Waals surface area contributed by atoms with Gasteiger partial charge in [-0.3, -0.25) is 0 Å². The fourth-order valence-corrected chi connectivity index (χ4v) is 0.990. The number of unbranched alkanes of at least 4 members (excludes halogenated alkanes) is 1. The highest BCUT2D eigenvalue weighted by atomic mass is 16.4. The van der Waals surface area contributed by atoms with Crippen LogP contribution >= 0.6 is 0 Å². The van der Waals surface area contributed by atoms with Crippen LogP contribution in [0.25, 0.3) is 0 Å². The summed E-state index contributed by atoms with van der Waals surface area (Å²) in [6.07, 6.45) is 3.42. The molecule has 0 amide bonds. The molecule has 0 aromatic rings. The molecule has 1 atom stereocenters. The maximum absolute atomic E-state index is 10.6. The van der Waals surface area contributed by atoms with Gasteiger partial charge >= 0.3 is 0 Å². The third-order valence-corrected chi connectivity index (χ3v) is 2.36. The Hall–Kier alpha value is -0.530. The van der Waals surface area contributed by atoms with Crippen molar-refractivity contribution >= 4 is 5.97 Å². The molecule has 0 saturated carbocycles. The first-order valence-corrected chi connectivity index (χ1v) is 4.28. The Bertz CT molecular complexity index is 132. The van der Waals surface area contributed by atoms with Gasteiger partial charge in [0.15, 0.2) is 0 Å². The Labute approximate surface area is 68.6 Å². The van der Waals surface area contributed by atoms with E-state index in [1.807, 2.05) is 6.92 Å². The summed E-state index contributed by atoms with van der Waals surface area (Å²) in [5.41, 5.74) is -0.601. The van der Waals surface area contributed by atoms with E-state index in [0.717, 1.165) is 19.3 Å². The quantitative estimate of drug-likeness (QED) is 0.604. The van der Waals surface area contributed by atoms with Gasteiger partial charge in [0.25, 0.3) is 0 Å². The lowest BCUT2D eigenvalue weighted by molar-refractivity contribution is -0.319. The molecule has 0 N–H and O–H groups in total. The Balaban J connectivity index is 3.99. The van der Waals surface area contributed by atoms with E-state index >= 15 is 0 Å². The van der Waals surface area contributed by atoms with Crippen molar-refractivity contribution < 1.29 is 9.90 Å². The van der Waals surface area contributed by atoms with Crippen molar-refractivity contribution in [2.24, 2.45) is 5.41 Å². The van der Waals surface area contributed by atoms with Crippen LogP contribution in [-0.4, -0.2) is 5.97 Å². The van der Waals surface area contributed by atoms with Crippen LogP contribution in [0.3, 0.4) is 0 Å². The number of hydrogen-bond acceptors (Lipinski definition) is 2. The maximum Gasteiger partial charge on any atom is 0.0473 e. The van der Waals surface area contributed by atoms with Crippen molar-refractivity contribution in [1.29, 1.82) is 0 Å². The minimum atomic E-state index is -0.909. The predicted octanol–water partition coefficient (Wildman–Crippen LogP) is 1.34. The van der Waals surface area contributed by atoms with Gasteiger partial charge < -0.3 is 9.90 Å². The highest BCUT2D eigenvalue weighted by Crippen LogP contribution is 2.26. The fraction of sp³-hybridized carbons (Fsp3) is 0.889. The van der Waals surface area contributed by atoms with Crippen molar-refractivity contribution in [2.45, 2.75) is 46.5 Å². The summed E-state index contributed by atoms with van der Waals surface area (Å²) < 4.78 is 0. The molecule has 0 rings (SSSR count). The van der Waals surface area contributed by atoms with E-state index in [0.29, 0.717) is 6.42 Å². The first kappa shape index (κ1) is 10.5. The Morgan fingerprint density at radius 1 is 1.45 bits per heavy atom. The lowest BCUT2D eigenvalue weighted by Gasteiger charge is -2.29. The summed E-state index contributed by atoms with van der Waals surface area (Å²) in [6.45, 7) is 5.72. The first-order chi connectivity index (χ1) is 5.06. The van der Waals surface area contributed by atoms with E-state index < -0.39 is 11.4 Å². The molecule has 66 valence electrons. The van der Waals surface area contributed by atoms with Crippen molar-refractivity contribution in [3.8, 4) is 0 Å². The fourth-order valence-electron chi connectivity index (χ4n) is 0.990. The molecule has 0 aromatic carbocycles. The van der Waals surface area contributed by atoms with Crippen LogP contribution in [0.2, 0.25) is 0 Å². The third-order valence-electron chi connectivity index (χ3n) is 2.36. The molecule has 2 heteroatoms. The number of carboxylic acids is 1. The highest BCUT2D eigenvalue weighted by Gasteiger charge is 2.22. The molecule has 0 bridgehead atoms. The van der Waals surface area contributed by atoms with Crippen LogP contribution in [0.5, 0.6) is 0 Å². The van der Waals surface area contributed by atoms with E-state index in [2.05, 4.69) is 6.92 Å². The number of aliphatic carboxylic acids is 1. The molecule has 0 spiro atoms. The Morgan fingerprint density at radius 2 is 2.00 bits per heavy atom. The summed E-state index contributed by atoms with van der Waals surface area (Å²) >= 11 is 0. The largest absolute Gasteiger partial charge is 0.550 e. The van der Waals surface area contributed by atoms with E-state index in [9.17, 15) is 9.90 Å². The Morgan fingerprint density at radius 3 is 2.27 bits per heavy atom. The van der Waals surface area contributed by atoms with Crippen molar-refractivity contribution in [3.05, 3.63) is 0 Å². The number of carbonyl (C=O) groups excluding carboxylic acids is 1. The smallest absolute Gasteiger partial charge is 0.0473 e. The van der Waals surface area contributed by atoms with Crippen molar-refractivity contribution in [2.75, 3.05) is 0 Å². The van der Waals surface area contributed by atoms with Crippen LogP contribution in [0.15, 0.2) is 0 Å². The van der Waals surface area contributed by atoms with Gasteiger partial charge in [0, 0.05) is 11.4 Å². The van der Waals surface area contributed by atoms with Crippen LogP contribution in [-0.2, 0) is 4.79 Å². The lowest BCUT2D eigenvalue weighted by atomic mass is 9.82. The molecule has 0 aliphatic rings. The van der Waals surface area contributed by atoms with Gasteiger partial charge in [0.05, 0.1) is 0 Å². The molecule has 0 aromatic heterocycles. The summed E-state index contributed by atoms with van der Waals surface area (Å²) in [7, 11) is 0. The minimum Gasteiger partial charge on any atom is -0.550 e. The van der Waals surface area contributed by atoms with Gasteiger partial charge in [-0.05, 0) is 12.8 Å². The molecule has 2 nitrogen and oxygen atoms in total. The van der Waals surface area contributed by atoms with E-state index in [4.69, 9.17) is 0 Å². The van der Waals surface area contributed by atoms with E-state index in [1.165, 1.54) is 0 Å². The molecular weight excluding hydrogens is 140 g/mol. The zero-order valence-electron chi connectivity index (χ0n) is 7.64. The summed E-state index contributed by atoms with van der Waals surface area (Å²) in [5.74, 6) is -0.909. The van der Waals surface area contributed by atoms with Gasteiger partial charge in [-0.15, -0.1) is 0 Å². The van der Waals surface area contributed by atoms with Gasteiger partial charge in [0.2, 0.25) is 0 Å². The number of rotatable bonds is 5. The van der Waals surface area contributed by atoms with Gasteiger partial charge in [-0.2, -0.15) is 0 Å².